The summed E-state index contributed by atoms with van der Waals surface area (Å²) in [5, 5.41) is 0. The van der Waals surface area contributed by atoms with Crippen molar-refractivity contribution in [1.82, 2.24) is 9.80 Å². The van der Waals surface area contributed by atoms with Crippen LogP contribution in [0.5, 0.6) is 0 Å². The molecule has 0 aliphatic carbocycles. The van der Waals surface area contributed by atoms with Gasteiger partial charge in [-0.25, -0.2) is 0 Å². The van der Waals surface area contributed by atoms with Crippen molar-refractivity contribution < 1.29 is 4.79 Å². The summed E-state index contributed by atoms with van der Waals surface area (Å²) < 4.78 is 0. The predicted octanol–water partition coefficient (Wildman–Crippen LogP) is 0.139. The molecule has 2 fully saturated rings. The fourth-order valence-electron chi connectivity index (χ4n) is 3.22. The van der Waals surface area contributed by atoms with Crippen LogP contribution in [0.15, 0.2) is 0 Å². The molecule has 0 aromatic heterocycles. The minimum Gasteiger partial charge on any atom is -0.368 e. The highest BCUT2D eigenvalue weighted by Crippen LogP contribution is 2.21. The molecular weight excluding hydrogens is 240 g/mol. The van der Waals surface area contributed by atoms with E-state index in [4.69, 9.17) is 11.5 Å². The molecule has 110 valence electrons. The average Bonchev–Trinajstić information content (AvgIpc) is 2.38. The summed E-state index contributed by atoms with van der Waals surface area (Å²) in [5.41, 5.74) is 10.3. The highest BCUT2D eigenvalue weighted by atomic mass is 16.1. The topological polar surface area (TPSA) is 75.6 Å². The molecule has 0 aromatic rings. The van der Waals surface area contributed by atoms with Gasteiger partial charge in [-0.2, -0.15) is 0 Å². The van der Waals surface area contributed by atoms with Gasteiger partial charge in [0, 0.05) is 25.7 Å². The predicted molar refractivity (Wildman–Crippen MR) is 76.7 cm³/mol. The summed E-state index contributed by atoms with van der Waals surface area (Å²) in [4.78, 5) is 16.3. The number of hydrogen-bond donors (Lipinski definition) is 2. The number of primary amides is 1. The largest absolute Gasteiger partial charge is 0.368 e. The zero-order valence-corrected chi connectivity index (χ0v) is 12.1. The molecule has 2 aliphatic heterocycles. The molecule has 1 amide bonds. The minimum atomic E-state index is -0.855. The molecule has 0 saturated carbocycles. The van der Waals surface area contributed by atoms with E-state index in [2.05, 4.69) is 9.80 Å². The van der Waals surface area contributed by atoms with Crippen LogP contribution in [0.25, 0.3) is 0 Å². The second-order valence-electron chi connectivity index (χ2n) is 6.37. The molecule has 0 radical (unpaired) electrons. The monoisotopic (exact) mass is 268 g/mol. The smallest absolute Gasteiger partial charge is 0.237 e. The first-order valence-electron chi connectivity index (χ1n) is 7.54. The molecule has 0 aromatic carbocycles. The Kier molecular flexibility index (Phi) is 4.81. The third-order valence-corrected chi connectivity index (χ3v) is 4.65. The van der Waals surface area contributed by atoms with Crippen molar-refractivity contribution in [2.75, 3.05) is 32.7 Å². The number of hydrogen-bond acceptors (Lipinski definition) is 4. The number of fused-ring (bicyclic) bond motifs is 1. The molecular formula is C14H28N4O. The number of amides is 1. The van der Waals surface area contributed by atoms with Crippen molar-refractivity contribution >= 4 is 5.91 Å². The maximum absolute atomic E-state index is 11.2. The van der Waals surface area contributed by atoms with Crippen LogP contribution >= 0.6 is 0 Å². The number of nitrogens with two attached hydrogens (primary N) is 2. The van der Waals surface area contributed by atoms with Gasteiger partial charge in [-0.3, -0.25) is 9.69 Å². The van der Waals surface area contributed by atoms with Gasteiger partial charge in [0.1, 0.15) is 0 Å². The third-order valence-electron chi connectivity index (χ3n) is 4.65. The first-order chi connectivity index (χ1) is 8.99. The Balaban J connectivity index is 1.71. The van der Waals surface area contributed by atoms with Gasteiger partial charge < -0.3 is 16.4 Å². The number of piperazine rings is 1. The van der Waals surface area contributed by atoms with Crippen LogP contribution in [0.4, 0.5) is 0 Å². The van der Waals surface area contributed by atoms with Crippen molar-refractivity contribution in [2.45, 2.75) is 50.6 Å². The maximum Gasteiger partial charge on any atom is 0.237 e. The highest BCUT2D eigenvalue weighted by Gasteiger charge is 2.29. The van der Waals surface area contributed by atoms with Gasteiger partial charge in [0.05, 0.1) is 5.54 Å². The molecule has 2 saturated heterocycles. The van der Waals surface area contributed by atoms with Crippen LogP contribution in [0.1, 0.15) is 39.0 Å². The highest BCUT2D eigenvalue weighted by molar-refractivity contribution is 5.83. The lowest BCUT2D eigenvalue weighted by Gasteiger charge is -2.44. The van der Waals surface area contributed by atoms with Gasteiger partial charge in [0.25, 0.3) is 0 Å². The molecule has 0 bridgehead atoms. The van der Waals surface area contributed by atoms with Crippen LogP contribution in [0, 0.1) is 0 Å². The lowest BCUT2D eigenvalue weighted by molar-refractivity contribution is -0.122. The van der Waals surface area contributed by atoms with E-state index in [1.54, 1.807) is 6.92 Å². The number of nitrogens with zero attached hydrogens (tertiary/aromatic N) is 2. The molecule has 4 N–H and O–H groups in total. The average molecular weight is 268 g/mol. The van der Waals surface area contributed by atoms with E-state index < -0.39 is 11.4 Å². The quantitative estimate of drug-likeness (QED) is 0.743. The summed E-state index contributed by atoms with van der Waals surface area (Å²) in [7, 11) is 0. The zero-order valence-electron chi connectivity index (χ0n) is 12.1. The third kappa shape index (κ3) is 3.91. The molecule has 2 aliphatic rings. The Morgan fingerprint density at radius 2 is 2.11 bits per heavy atom. The van der Waals surface area contributed by atoms with Crippen molar-refractivity contribution in [1.29, 1.82) is 0 Å². The van der Waals surface area contributed by atoms with Gasteiger partial charge in [-0.15, -0.1) is 0 Å². The fourth-order valence-corrected chi connectivity index (χ4v) is 3.22. The van der Waals surface area contributed by atoms with Crippen molar-refractivity contribution in [2.24, 2.45) is 11.5 Å². The Morgan fingerprint density at radius 3 is 2.84 bits per heavy atom. The summed E-state index contributed by atoms with van der Waals surface area (Å²) in [5.74, 6) is -0.399. The maximum atomic E-state index is 11.2. The lowest BCUT2D eigenvalue weighted by Crippen LogP contribution is -2.55. The standard InChI is InChI=1S/C14H28N4O/c1-14(16,13(15)19)6-4-7-17-9-10-18-8-3-2-5-12(18)11-17/h12H,2-11,16H2,1H3,(H2,15,19). The summed E-state index contributed by atoms with van der Waals surface area (Å²) in [6, 6.07) is 0.753. The minimum absolute atomic E-state index is 0.399. The lowest BCUT2D eigenvalue weighted by atomic mass is 9.95. The number of carbonyl (C=O) groups excluding carboxylic acids is 1. The van der Waals surface area contributed by atoms with E-state index >= 15 is 0 Å². The zero-order chi connectivity index (χ0) is 13.9. The van der Waals surface area contributed by atoms with Gasteiger partial charge in [-0.05, 0) is 45.7 Å². The molecule has 5 nitrogen and oxygen atoms in total. The van der Waals surface area contributed by atoms with Crippen LogP contribution in [-0.2, 0) is 4.79 Å². The molecule has 5 heteroatoms. The van der Waals surface area contributed by atoms with E-state index in [0.29, 0.717) is 6.42 Å². The van der Waals surface area contributed by atoms with Crippen molar-refractivity contribution in [3.8, 4) is 0 Å². The second kappa shape index (κ2) is 6.20. The van der Waals surface area contributed by atoms with E-state index in [-0.39, 0.29) is 0 Å². The van der Waals surface area contributed by atoms with E-state index in [1.165, 1.54) is 38.9 Å². The van der Waals surface area contributed by atoms with Crippen LogP contribution in [0.2, 0.25) is 0 Å². The molecule has 2 atom stereocenters. The number of carbonyl (C=O) groups is 1. The first kappa shape index (κ1) is 14.8. The fraction of sp³-hybridized carbons (Fsp3) is 0.929. The normalized spacial score (nSPS) is 28.6. The van der Waals surface area contributed by atoms with Gasteiger partial charge in [0.15, 0.2) is 0 Å². The summed E-state index contributed by atoms with van der Waals surface area (Å²) in [6.45, 7) is 7.56. The number of piperidine rings is 1. The Hall–Kier alpha value is -0.650. The molecule has 19 heavy (non-hydrogen) atoms. The number of rotatable bonds is 5. The van der Waals surface area contributed by atoms with Gasteiger partial charge in [-0.1, -0.05) is 6.42 Å². The second-order valence-corrected chi connectivity index (χ2v) is 6.37. The van der Waals surface area contributed by atoms with Crippen molar-refractivity contribution in [3.05, 3.63) is 0 Å². The summed E-state index contributed by atoms with van der Waals surface area (Å²) >= 11 is 0. The summed E-state index contributed by atoms with van der Waals surface area (Å²) in [6.07, 6.45) is 5.69. The molecule has 0 spiro atoms. The molecule has 2 heterocycles. The van der Waals surface area contributed by atoms with Crippen LogP contribution in [0.3, 0.4) is 0 Å². The Labute approximate surface area is 116 Å². The SMILES string of the molecule is CC(N)(CCCN1CCN2CCCCC2C1)C(N)=O. The van der Waals surface area contributed by atoms with E-state index in [0.717, 1.165) is 25.6 Å². The Bertz CT molecular complexity index is 319. The molecule has 2 unspecified atom stereocenters. The Morgan fingerprint density at radius 1 is 1.32 bits per heavy atom. The van der Waals surface area contributed by atoms with Crippen molar-refractivity contribution in [3.63, 3.8) is 0 Å². The van der Waals surface area contributed by atoms with Gasteiger partial charge >= 0.3 is 0 Å². The van der Waals surface area contributed by atoms with Gasteiger partial charge in [0.2, 0.25) is 5.91 Å². The van der Waals surface area contributed by atoms with E-state index in [1.807, 2.05) is 0 Å². The molecule has 2 rings (SSSR count). The van der Waals surface area contributed by atoms with Crippen LogP contribution in [-0.4, -0.2) is 60.0 Å². The van der Waals surface area contributed by atoms with E-state index in [9.17, 15) is 4.79 Å². The van der Waals surface area contributed by atoms with Crippen LogP contribution < -0.4 is 11.5 Å². The first-order valence-corrected chi connectivity index (χ1v) is 7.54.